The number of allylic oxidation sites excluding steroid dienone is 3. The van der Waals surface area contributed by atoms with Crippen molar-refractivity contribution in [2.24, 2.45) is 9.98 Å². The first-order chi connectivity index (χ1) is 10.8. The second-order valence-electron chi connectivity index (χ2n) is 4.46. The fourth-order valence-electron chi connectivity index (χ4n) is 2.37. The monoisotopic (exact) mass is 314 g/mol. The molecule has 3 rings (SSSR count). The van der Waals surface area contributed by atoms with Crippen molar-refractivity contribution in [3.63, 3.8) is 0 Å². The van der Waals surface area contributed by atoms with Crippen molar-refractivity contribution in [1.82, 2.24) is 0 Å². The molecule has 1 aromatic heterocycles. The Morgan fingerprint density at radius 3 is 2.64 bits per heavy atom. The van der Waals surface area contributed by atoms with E-state index in [1.165, 1.54) is 0 Å². The quantitative estimate of drug-likeness (QED) is 0.413. The summed E-state index contributed by atoms with van der Waals surface area (Å²) in [6.45, 7) is 9.46. The van der Waals surface area contributed by atoms with Crippen molar-refractivity contribution in [3.05, 3.63) is 52.9 Å². The van der Waals surface area contributed by atoms with E-state index in [1.54, 1.807) is 0 Å². The van der Waals surface area contributed by atoms with Gasteiger partial charge in [-0.25, -0.2) is 0 Å². The summed E-state index contributed by atoms with van der Waals surface area (Å²) in [6.07, 6.45) is 4.01. The van der Waals surface area contributed by atoms with E-state index in [0.29, 0.717) is 0 Å². The molecule has 1 aliphatic carbocycles. The molecule has 0 saturated carbocycles. The number of rotatable bonds is 2. The molecule has 0 radical (unpaired) electrons. The van der Waals surface area contributed by atoms with E-state index in [-0.39, 0.29) is 6.00 Å². The average molecular weight is 315 g/mol. The minimum absolute atomic E-state index is 0.174. The van der Waals surface area contributed by atoms with Crippen LogP contribution in [0.5, 0.6) is 0 Å². The van der Waals surface area contributed by atoms with E-state index >= 15 is 0 Å². The first-order valence-corrected chi connectivity index (χ1v) is 7.78. The van der Waals surface area contributed by atoms with Crippen LogP contribution in [0.2, 0.25) is 0 Å². The molecule has 114 valence electrons. The lowest BCUT2D eigenvalue weighted by Crippen LogP contribution is -2.09. The van der Waals surface area contributed by atoms with E-state index in [1.807, 2.05) is 57.2 Å². The number of halogens is 1. The Hall–Kier alpha value is -2.13. The number of alkyl halides is 1. The number of fused-ring (bicyclic) bond motifs is 3. The number of aliphatic imine (C=N–C) groups is 2. The summed E-state index contributed by atoms with van der Waals surface area (Å²) in [4.78, 5) is 8.35. The van der Waals surface area contributed by atoms with Crippen molar-refractivity contribution in [1.29, 1.82) is 0 Å². The third-order valence-electron chi connectivity index (χ3n) is 3.37. The zero-order valence-electron chi connectivity index (χ0n) is 13.1. The highest BCUT2D eigenvalue weighted by molar-refractivity contribution is 6.23. The van der Waals surface area contributed by atoms with Gasteiger partial charge >= 0.3 is 0 Å². The standard InChI is InChI=1S/C16H13ClN2O.C2H6/c1-10(18-2)11-7-8-13-12-5-3-4-6-14(12)20-16(13)15(11)19-9-17;1-2/h3-8H,2,9H2,1H3;1-2H3/b11-10-,19-15+;. The number of benzene rings is 1. The average Bonchev–Trinajstić information content (AvgIpc) is 2.96. The van der Waals surface area contributed by atoms with Crippen LogP contribution < -0.4 is 0 Å². The van der Waals surface area contributed by atoms with Crippen molar-refractivity contribution in [3.8, 4) is 0 Å². The van der Waals surface area contributed by atoms with Gasteiger partial charge in [0.1, 0.15) is 17.3 Å². The molecule has 0 bridgehead atoms. The SMILES string of the molecule is C=N/C(C)=C1/C=Cc2c(oc3ccccc23)/C1=N/CCl.CC. The highest BCUT2D eigenvalue weighted by atomic mass is 35.5. The molecule has 0 spiro atoms. The Kier molecular flexibility index (Phi) is 5.34. The summed E-state index contributed by atoms with van der Waals surface area (Å²) >= 11 is 5.79. The van der Waals surface area contributed by atoms with E-state index in [0.717, 1.165) is 39.3 Å². The minimum atomic E-state index is 0.174. The Labute approximate surface area is 135 Å². The molecular weight excluding hydrogens is 296 g/mol. The Morgan fingerprint density at radius 2 is 1.95 bits per heavy atom. The van der Waals surface area contributed by atoms with Gasteiger partial charge in [0.15, 0.2) is 5.76 Å². The molecule has 0 N–H and O–H groups in total. The lowest BCUT2D eigenvalue weighted by Gasteiger charge is -2.12. The fourth-order valence-corrected chi connectivity index (χ4v) is 2.49. The molecule has 22 heavy (non-hydrogen) atoms. The van der Waals surface area contributed by atoms with Crippen LogP contribution in [0.4, 0.5) is 0 Å². The van der Waals surface area contributed by atoms with Crippen LogP contribution in [0.25, 0.3) is 17.0 Å². The van der Waals surface area contributed by atoms with Crippen LogP contribution >= 0.6 is 11.6 Å². The molecule has 2 aromatic rings. The van der Waals surface area contributed by atoms with Gasteiger partial charge in [0.25, 0.3) is 0 Å². The van der Waals surface area contributed by atoms with Crippen LogP contribution in [0.3, 0.4) is 0 Å². The molecule has 4 heteroatoms. The summed E-state index contributed by atoms with van der Waals surface area (Å²) in [5, 5.41) is 1.07. The summed E-state index contributed by atoms with van der Waals surface area (Å²) in [7, 11) is 0. The second kappa shape index (κ2) is 7.23. The highest BCUT2D eigenvalue weighted by Crippen LogP contribution is 2.33. The maximum atomic E-state index is 5.94. The van der Waals surface area contributed by atoms with E-state index in [4.69, 9.17) is 16.0 Å². The molecule has 0 saturated heterocycles. The number of hydrogen-bond acceptors (Lipinski definition) is 3. The number of para-hydroxylation sites is 1. The van der Waals surface area contributed by atoms with Crippen LogP contribution in [-0.2, 0) is 0 Å². The van der Waals surface area contributed by atoms with Gasteiger partial charge in [0, 0.05) is 22.2 Å². The molecule has 3 nitrogen and oxygen atoms in total. The van der Waals surface area contributed by atoms with E-state index in [2.05, 4.69) is 16.7 Å². The van der Waals surface area contributed by atoms with Crippen LogP contribution in [0.15, 0.2) is 56.0 Å². The largest absolute Gasteiger partial charge is 0.454 e. The third-order valence-corrected chi connectivity index (χ3v) is 3.49. The summed E-state index contributed by atoms with van der Waals surface area (Å²) in [5.41, 5.74) is 4.31. The second-order valence-corrected chi connectivity index (χ2v) is 4.70. The van der Waals surface area contributed by atoms with Gasteiger partial charge in [-0.2, -0.15) is 0 Å². The molecule has 1 heterocycles. The number of nitrogens with zero attached hydrogens (tertiary/aromatic N) is 2. The van der Waals surface area contributed by atoms with Crippen molar-refractivity contribution < 1.29 is 4.42 Å². The molecule has 0 aliphatic heterocycles. The van der Waals surface area contributed by atoms with E-state index < -0.39 is 0 Å². The lowest BCUT2D eigenvalue weighted by molar-refractivity contribution is 0.603. The number of furan rings is 1. The van der Waals surface area contributed by atoms with E-state index in [9.17, 15) is 0 Å². The highest BCUT2D eigenvalue weighted by Gasteiger charge is 2.23. The summed E-state index contributed by atoms with van der Waals surface area (Å²) < 4.78 is 5.94. The number of hydrogen-bond donors (Lipinski definition) is 0. The van der Waals surface area contributed by atoms with Gasteiger partial charge in [-0.05, 0) is 25.8 Å². The smallest absolute Gasteiger partial charge is 0.161 e. The van der Waals surface area contributed by atoms with Crippen molar-refractivity contribution >= 4 is 41.1 Å². The molecule has 1 aliphatic rings. The van der Waals surface area contributed by atoms with Crippen LogP contribution in [0, 0.1) is 0 Å². The van der Waals surface area contributed by atoms with Gasteiger partial charge in [0.05, 0.1) is 0 Å². The normalized spacial score (nSPS) is 17.0. The van der Waals surface area contributed by atoms with Gasteiger partial charge in [-0.15, -0.1) is 11.6 Å². The predicted octanol–water partition coefficient (Wildman–Crippen LogP) is 5.45. The zero-order chi connectivity index (χ0) is 16.1. The molecule has 0 unspecified atom stereocenters. The van der Waals surface area contributed by atoms with Gasteiger partial charge in [-0.3, -0.25) is 9.98 Å². The van der Waals surface area contributed by atoms with Crippen LogP contribution in [-0.4, -0.2) is 18.4 Å². The zero-order valence-corrected chi connectivity index (χ0v) is 13.8. The molecule has 0 atom stereocenters. The van der Waals surface area contributed by atoms with Gasteiger partial charge in [0.2, 0.25) is 0 Å². The summed E-state index contributed by atoms with van der Waals surface area (Å²) in [5.74, 6) is 0.743. The molecule has 0 fully saturated rings. The maximum absolute atomic E-state index is 5.94. The van der Waals surface area contributed by atoms with Crippen molar-refractivity contribution in [2.45, 2.75) is 20.8 Å². The predicted molar refractivity (Wildman–Crippen MR) is 96.1 cm³/mol. The lowest BCUT2D eigenvalue weighted by atomic mass is 9.95. The Balaban J connectivity index is 0.000000847. The molecular formula is C18H19ClN2O. The first kappa shape index (κ1) is 16.2. The third kappa shape index (κ3) is 2.77. The molecule has 1 aromatic carbocycles. The first-order valence-electron chi connectivity index (χ1n) is 7.24. The fraction of sp³-hybridized carbons (Fsp3) is 0.222. The Bertz CT molecular complexity index is 781. The van der Waals surface area contributed by atoms with Crippen molar-refractivity contribution in [2.75, 3.05) is 6.00 Å². The Morgan fingerprint density at radius 1 is 1.23 bits per heavy atom. The summed E-state index contributed by atoms with van der Waals surface area (Å²) in [6, 6.07) is 8.10. The van der Waals surface area contributed by atoms with Gasteiger partial charge in [-0.1, -0.05) is 38.1 Å². The van der Waals surface area contributed by atoms with Crippen LogP contribution in [0.1, 0.15) is 32.1 Å². The van der Waals surface area contributed by atoms with Gasteiger partial charge < -0.3 is 4.42 Å². The topological polar surface area (TPSA) is 37.9 Å². The molecule has 0 amide bonds. The maximum Gasteiger partial charge on any atom is 0.161 e. The minimum Gasteiger partial charge on any atom is -0.454 e.